The number of aliphatic hydroxyl groups is 1. The fourth-order valence-electron chi connectivity index (χ4n) is 0.930. The summed E-state index contributed by atoms with van der Waals surface area (Å²) in [6.45, 7) is -0.545. The number of aliphatic hydroxyl groups excluding tert-OH is 1. The Bertz CT molecular complexity index is 364. The zero-order valence-electron chi connectivity index (χ0n) is 6.35. The highest BCUT2D eigenvalue weighted by Crippen LogP contribution is 2.25. The molecule has 0 saturated carbocycles. The minimum absolute atomic E-state index is 0.00889. The van der Waals surface area contributed by atoms with Gasteiger partial charge in [-0.3, -0.25) is 4.79 Å². The van der Waals surface area contributed by atoms with Crippen LogP contribution in [-0.2, 0) is 6.61 Å². The van der Waals surface area contributed by atoms with Gasteiger partial charge in [0.15, 0.2) is 0 Å². The van der Waals surface area contributed by atoms with Crippen LogP contribution >= 0.6 is 15.9 Å². The van der Waals surface area contributed by atoms with E-state index in [9.17, 15) is 13.6 Å². The van der Waals surface area contributed by atoms with Gasteiger partial charge in [-0.1, -0.05) is 0 Å². The Morgan fingerprint density at radius 1 is 1.62 bits per heavy atom. The standard InChI is InChI=1S/C7H6BrF2NO2/c8-6-4(2-12)3(7(9)10)1-5(13)11-6/h1,7,12H,2H2,(H,11,13). The van der Waals surface area contributed by atoms with Crippen LogP contribution in [0.2, 0.25) is 0 Å². The molecule has 1 aromatic heterocycles. The summed E-state index contributed by atoms with van der Waals surface area (Å²) in [5, 5.41) is 8.75. The lowest BCUT2D eigenvalue weighted by Gasteiger charge is -2.06. The van der Waals surface area contributed by atoms with Crippen molar-refractivity contribution in [1.82, 2.24) is 4.98 Å². The van der Waals surface area contributed by atoms with Crippen molar-refractivity contribution in [2.75, 3.05) is 0 Å². The quantitative estimate of drug-likeness (QED) is 0.787. The molecule has 0 aliphatic carbocycles. The molecule has 0 fully saturated rings. The number of hydrogen-bond acceptors (Lipinski definition) is 2. The fraction of sp³-hybridized carbons (Fsp3) is 0.286. The highest BCUT2D eigenvalue weighted by Gasteiger charge is 2.15. The van der Waals surface area contributed by atoms with Crippen LogP contribution < -0.4 is 5.56 Å². The average Bonchev–Trinajstić information content (AvgIpc) is 2.02. The molecule has 6 heteroatoms. The molecule has 0 aliphatic heterocycles. The first kappa shape index (κ1) is 10.3. The third-order valence-corrected chi connectivity index (χ3v) is 2.20. The van der Waals surface area contributed by atoms with E-state index < -0.39 is 24.2 Å². The van der Waals surface area contributed by atoms with E-state index in [0.717, 1.165) is 6.07 Å². The van der Waals surface area contributed by atoms with Gasteiger partial charge in [0.1, 0.15) is 0 Å². The Morgan fingerprint density at radius 2 is 2.23 bits per heavy atom. The number of hydrogen-bond donors (Lipinski definition) is 2. The molecule has 3 nitrogen and oxygen atoms in total. The summed E-state index contributed by atoms with van der Waals surface area (Å²) in [4.78, 5) is 13.0. The Hall–Kier alpha value is -0.750. The first-order valence-corrected chi connectivity index (χ1v) is 4.16. The molecule has 0 spiro atoms. The van der Waals surface area contributed by atoms with Gasteiger partial charge in [0.05, 0.1) is 11.2 Å². The predicted molar refractivity (Wildman–Crippen MR) is 45.6 cm³/mol. The van der Waals surface area contributed by atoms with Crippen LogP contribution in [0.4, 0.5) is 8.78 Å². The molecule has 2 N–H and O–H groups in total. The summed E-state index contributed by atoms with van der Waals surface area (Å²) in [6.07, 6.45) is -2.76. The zero-order valence-corrected chi connectivity index (χ0v) is 7.94. The van der Waals surface area contributed by atoms with Crippen LogP contribution in [0.5, 0.6) is 0 Å². The van der Waals surface area contributed by atoms with Gasteiger partial charge in [-0.25, -0.2) is 8.78 Å². The van der Waals surface area contributed by atoms with E-state index in [1.807, 2.05) is 0 Å². The topological polar surface area (TPSA) is 53.1 Å². The number of pyridine rings is 1. The largest absolute Gasteiger partial charge is 0.392 e. The zero-order chi connectivity index (χ0) is 10.0. The number of aromatic amines is 1. The highest BCUT2D eigenvalue weighted by atomic mass is 79.9. The van der Waals surface area contributed by atoms with Crippen molar-refractivity contribution < 1.29 is 13.9 Å². The van der Waals surface area contributed by atoms with Crippen LogP contribution in [0, 0.1) is 0 Å². The molecule has 0 aromatic carbocycles. The van der Waals surface area contributed by atoms with Crippen LogP contribution in [0.25, 0.3) is 0 Å². The van der Waals surface area contributed by atoms with Crippen molar-refractivity contribution in [3.63, 3.8) is 0 Å². The molecule has 0 radical (unpaired) electrons. The van der Waals surface area contributed by atoms with Gasteiger partial charge in [0.2, 0.25) is 5.56 Å². The van der Waals surface area contributed by atoms with E-state index in [1.165, 1.54) is 0 Å². The number of nitrogens with one attached hydrogen (secondary N) is 1. The Kier molecular flexibility index (Phi) is 3.16. The monoisotopic (exact) mass is 253 g/mol. The van der Waals surface area contributed by atoms with E-state index >= 15 is 0 Å². The molecule has 1 aromatic rings. The first-order valence-electron chi connectivity index (χ1n) is 3.37. The smallest absolute Gasteiger partial charge is 0.264 e. The number of rotatable bonds is 2. The number of H-pyrrole nitrogens is 1. The maximum Gasteiger partial charge on any atom is 0.264 e. The van der Waals surface area contributed by atoms with Gasteiger partial charge in [0.25, 0.3) is 6.43 Å². The van der Waals surface area contributed by atoms with Gasteiger partial charge in [0, 0.05) is 17.2 Å². The van der Waals surface area contributed by atoms with Gasteiger partial charge in [-0.15, -0.1) is 0 Å². The number of halogens is 3. The molecular weight excluding hydrogens is 248 g/mol. The van der Waals surface area contributed by atoms with Crippen LogP contribution in [0.15, 0.2) is 15.5 Å². The van der Waals surface area contributed by atoms with Gasteiger partial charge >= 0.3 is 0 Å². The van der Waals surface area contributed by atoms with Crippen LogP contribution in [0.3, 0.4) is 0 Å². The number of alkyl halides is 2. The highest BCUT2D eigenvalue weighted by molar-refractivity contribution is 9.10. The van der Waals surface area contributed by atoms with Crippen LogP contribution in [0.1, 0.15) is 17.6 Å². The lowest BCUT2D eigenvalue weighted by molar-refractivity contribution is 0.146. The summed E-state index contributed by atoms with van der Waals surface area (Å²) in [5.41, 5.74) is -1.06. The first-order chi connectivity index (χ1) is 6.06. The summed E-state index contributed by atoms with van der Waals surface area (Å²) in [7, 11) is 0. The van der Waals surface area contributed by atoms with Crippen molar-refractivity contribution in [2.45, 2.75) is 13.0 Å². The normalized spacial score (nSPS) is 10.8. The van der Waals surface area contributed by atoms with E-state index in [1.54, 1.807) is 0 Å². The maximum absolute atomic E-state index is 12.3. The van der Waals surface area contributed by atoms with E-state index in [4.69, 9.17) is 5.11 Å². The van der Waals surface area contributed by atoms with Crippen molar-refractivity contribution in [3.05, 3.63) is 32.2 Å². The minimum Gasteiger partial charge on any atom is -0.392 e. The molecular formula is C7H6BrF2NO2. The lowest BCUT2D eigenvalue weighted by atomic mass is 10.1. The molecule has 1 rings (SSSR count). The SMILES string of the molecule is O=c1cc(C(F)F)c(CO)c(Br)[nH]1. The molecule has 0 aliphatic rings. The summed E-state index contributed by atoms with van der Waals surface area (Å²) in [5.74, 6) is 0. The van der Waals surface area contributed by atoms with Gasteiger partial charge < -0.3 is 10.1 Å². The van der Waals surface area contributed by atoms with Gasteiger partial charge in [-0.2, -0.15) is 0 Å². The Labute approximate surface area is 80.5 Å². The second-order valence-electron chi connectivity index (χ2n) is 2.34. The van der Waals surface area contributed by atoms with E-state index in [2.05, 4.69) is 20.9 Å². The second-order valence-corrected chi connectivity index (χ2v) is 3.13. The third kappa shape index (κ3) is 2.13. The molecule has 0 amide bonds. The average molecular weight is 254 g/mol. The summed E-state index contributed by atoms with van der Waals surface area (Å²) in [6, 6.07) is 0.779. The van der Waals surface area contributed by atoms with Crippen molar-refractivity contribution >= 4 is 15.9 Å². The third-order valence-electron chi connectivity index (χ3n) is 1.53. The molecule has 0 bridgehead atoms. The maximum atomic E-state index is 12.3. The molecule has 0 unspecified atom stereocenters. The van der Waals surface area contributed by atoms with E-state index in [0.29, 0.717) is 0 Å². The second kappa shape index (κ2) is 3.97. The van der Waals surface area contributed by atoms with Crippen molar-refractivity contribution in [2.24, 2.45) is 0 Å². The lowest BCUT2D eigenvalue weighted by Crippen LogP contribution is -2.10. The van der Waals surface area contributed by atoms with Crippen LogP contribution in [-0.4, -0.2) is 10.1 Å². The molecule has 72 valence electrons. The predicted octanol–water partition coefficient (Wildman–Crippen LogP) is 1.57. The minimum atomic E-state index is -2.76. The van der Waals surface area contributed by atoms with Crippen molar-refractivity contribution in [1.29, 1.82) is 0 Å². The number of aromatic nitrogens is 1. The van der Waals surface area contributed by atoms with E-state index in [-0.39, 0.29) is 10.2 Å². The Morgan fingerprint density at radius 3 is 2.69 bits per heavy atom. The summed E-state index contributed by atoms with van der Waals surface area (Å²) < 4.78 is 24.7. The van der Waals surface area contributed by atoms with Gasteiger partial charge in [-0.05, 0) is 15.9 Å². The fourth-order valence-corrected chi connectivity index (χ4v) is 1.48. The van der Waals surface area contributed by atoms with Crippen molar-refractivity contribution in [3.8, 4) is 0 Å². The molecule has 1 heterocycles. The molecule has 0 atom stereocenters. The summed E-state index contributed by atoms with van der Waals surface area (Å²) >= 11 is 2.88. The molecule has 0 saturated heterocycles. The molecule has 13 heavy (non-hydrogen) atoms. The Balaban J connectivity index is 3.38.